The van der Waals surface area contributed by atoms with Crippen molar-refractivity contribution in [2.75, 3.05) is 13.1 Å². The van der Waals surface area contributed by atoms with Crippen molar-refractivity contribution < 1.29 is 17.6 Å². The van der Waals surface area contributed by atoms with Crippen molar-refractivity contribution in [1.29, 1.82) is 0 Å². The van der Waals surface area contributed by atoms with Crippen LogP contribution >= 0.6 is 22.3 Å². The number of carbonyl (C=O) groups excluding carboxylic acids is 1. The molecule has 0 spiro atoms. The third-order valence-corrected chi connectivity index (χ3v) is 4.69. The highest BCUT2D eigenvalue weighted by Crippen LogP contribution is 2.28. The van der Waals surface area contributed by atoms with Gasteiger partial charge in [-0.3, -0.25) is 4.79 Å². The van der Waals surface area contributed by atoms with E-state index in [1.165, 1.54) is 4.90 Å². The summed E-state index contributed by atoms with van der Waals surface area (Å²) in [6.45, 7) is 1.06. The Kier molecular flexibility index (Phi) is 4.03. The van der Waals surface area contributed by atoms with Crippen LogP contribution in [0.25, 0.3) is 0 Å². The first kappa shape index (κ1) is 14.6. The molecule has 1 amide bonds. The maximum absolute atomic E-state index is 13.8. The van der Waals surface area contributed by atoms with E-state index in [1.807, 2.05) is 0 Å². The van der Waals surface area contributed by atoms with Crippen LogP contribution in [-0.2, 0) is 9.05 Å². The molecule has 0 unspecified atom stereocenters. The molecule has 1 fully saturated rings. The van der Waals surface area contributed by atoms with E-state index in [2.05, 4.69) is 0 Å². The number of likely N-dealkylation sites (tertiary alicyclic amines) is 1. The highest BCUT2D eigenvalue weighted by atomic mass is 35.7. The molecule has 0 aliphatic carbocycles. The largest absolute Gasteiger partial charge is 0.339 e. The Bertz CT molecular complexity index is 627. The van der Waals surface area contributed by atoms with Crippen molar-refractivity contribution in [3.05, 3.63) is 28.5 Å². The second-order valence-electron chi connectivity index (χ2n) is 4.20. The molecule has 0 radical (unpaired) electrons. The van der Waals surface area contributed by atoms with E-state index in [-0.39, 0.29) is 10.6 Å². The van der Waals surface area contributed by atoms with E-state index in [1.54, 1.807) is 0 Å². The lowest BCUT2D eigenvalue weighted by atomic mass is 10.2. The predicted octanol–water partition coefficient (Wildman–Crippen LogP) is 2.64. The molecule has 1 aromatic rings. The highest BCUT2D eigenvalue weighted by molar-refractivity contribution is 8.13. The second kappa shape index (κ2) is 5.26. The van der Waals surface area contributed by atoms with E-state index in [0.29, 0.717) is 13.1 Å². The van der Waals surface area contributed by atoms with Crippen LogP contribution in [0.15, 0.2) is 17.0 Å². The quantitative estimate of drug-likeness (QED) is 0.785. The summed E-state index contributed by atoms with van der Waals surface area (Å²) in [5.41, 5.74) is -0.328. The monoisotopic (exact) mass is 325 g/mol. The summed E-state index contributed by atoms with van der Waals surface area (Å²) >= 11 is 5.62. The van der Waals surface area contributed by atoms with E-state index in [4.69, 9.17) is 22.3 Å². The molecule has 1 saturated heterocycles. The van der Waals surface area contributed by atoms with E-state index < -0.39 is 25.7 Å². The van der Waals surface area contributed by atoms with Crippen LogP contribution < -0.4 is 0 Å². The third-order valence-electron chi connectivity index (χ3n) is 2.91. The average molecular weight is 326 g/mol. The van der Waals surface area contributed by atoms with E-state index in [0.717, 1.165) is 25.0 Å². The SMILES string of the molecule is O=C(c1cc(S(=O)(=O)Cl)c(Cl)cc1F)N1CCCC1. The zero-order chi connectivity index (χ0) is 14.2. The van der Waals surface area contributed by atoms with Crippen LogP contribution in [0.4, 0.5) is 4.39 Å². The van der Waals surface area contributed by atoms with Gasteiger partial charge in [0.25, 0.3) is 15.0 Å². The minimum atomic E-state index is -4.13. The molecule has 19 heavy (non-hydrogen) atoms. The fourth-order valence-corrected chi connectivity index (χ4v) is 3.48. The van der Waals surface area contributed by atoms with Gasteiger partial charge in [-0.1, -0.05) is 11.6 Å². The Morgan fingerprint density at radius 3 is 2.37 bits per heavy atom. The molecule has 2 rings (SSSR count). The molecule has 0 bridgehead atoms. The van der Waals surface area contributed by atoms with Gasteiger partial charge in [0.2, 0.25) is 0 Å². The summed E-state index contributed by atoms with van der Waals surface area (Å²) in [6.07, 6.45) is 1.70. The number of nitrogens with zero attached hydrogens (tertiary/aromatic N) is 1. The molecule has 4 nitrogen and oxygen atoms in total. The minimum Gasteiger partial charge on any atom is -0.339 e. The van der Waals surface area contributed by atoms with Crippen molar-refractivity contribution in [1.82, 2.24) is 4.90 Å². The van der Waals surface area contributed by atoms with Gasteiger partial charge >= 0.3 is 0 Å². The fraction of sp³-hybridized carbons (Fsp3) is 0.364. The summed E-state index contributed by atoms with van der Waals surface area (Å²) in [6, 6.07) is 1.68. The number of hydrogen-bond donors (Lipinski definition) is 0. The maximum atomic E-state index is 13.8. The first-order chi connectivity index (χ1) is 8.80. The third kappa shape index (κ3) is 3.01. The van der Waals surface area contributed by atoms with Crippen LogP contribution in [0.3, 0.4) is 0 Å². The summed E-state index contributed by atoms with van der Waals surface area (Å²) in [4.78, 5) is 13.1. The van der Waals surface area contributed by atoms with Gasteiger partial charge in [-0.25, -0.2) is 12.8 Å². The first-order valence-corrected chi connectivity index (χ1v) is 8.22. The van der Waals surface area contributed by atoms with Crippen LogP contribution in [0.2, 0.25) is 5.02 Å². The topological polar surface area (TPSA) is 54.5 Å². The molecular weight excluding hydrogens is 316 g/mol. The number of hydrogen-bond acceptors (Lipinski definition) is 3. The number of halogens is 3. The van der Waals surface area contributed by atoms with Crippen molar-refractivity contribution >= 4 is 37.2 Å². The molecule has 0 atom stereocenters. The fourth-order valence-electron chi connectivity index (χ4n) is 1.97. The smallest absolute Gasteiger partial charge is 0.262 e. The standard InChI is InChI=1S/C11H10Cl2FNO3S/c12-8-6-9(14)7(5-10(8)19(13,17)18)11(16)15-3-1-2-4-15/h5-6H,1-4H2. The van der Waals surface area contributed by atoms with Crippen LogP contribution in [0.5, 0.6) is 0 Å². The molecule has 1 heterocycles. The van der Waals surface area contributed by atoms with Gasteiger partial charge in [0.15, 0.2) is 0 Å². The summed E-state index contributed by atoms with van der Waals surface area (Å²) < 4.78 is 36.3. The normalized spacial score (nSPS) is 15.8. The number of benzene rings is 1. The van der Waals surface area contributed by atoms with Crippen molar-refractivity contribution in [3.63, 3.8) is 0 Å². The van der Waals surface area contributed by atoms with Gasteiger partial charge in [-0.2, -0.15) is 0 Å². The predicted molar refractivity (Wildman–Crippen MR) is 69.6 cm³/mol. The Morgan fingerprint density at radius 2 is 1.84 bits per heavy atom. The molecule has 8 heteroatoms. The summed E-state index contributed by atoms with van der Waals surface area (Å²) in [5, 5.41) is -0.342. The molecule has 1 aliphatic heterocycles. The lowest BCUT2D eigenvalue weighted by Gasteiger charge is -2.16. The maximum Gasteiger partial charge on any atom is 0.262 e. The Balaban J connectivity index is 2.48. The van der Waals surface area contributed by atoms with Crippen molar-refractivity contribution in [2.45, 2.75) is 17.7 Å². The lowest BCUT2D eigenvalue weighted by Crippen LogP contribution is -2.28. The zero-order valence-corrected chi connectivity index (χ0v) is 12.0. The summed E-state index contributed by atoms with van der Waals surface area (Å²) in [7, 11) is 1.07. The number of amides is 1. The van der Waals surface area contributed by atoms with Gasteiger partial charge in [-0.05, 0) is 25.0 Å². The Morgan fingerprint density at radius 1 is 1.26 bits per heavy atom. The van der Waals surface area contributed by atoms with Gasteiger partial charge in [-0.15, -0.1) is 0 Å². The van der Waals surface area contributed by atoms with Gasteiger partial charge in [0.1, 0.15) is 10.7 Å². The molecule has 0 aromatic heterocycles. The molecule has 1 aromatic carbocycles. The average Bonchev–Trinajstić information content (AvgIpc) is 2.79. The lowest BCUT2D eigenvalue weighted by molar-refractivity contribution is 0.0788. The first-order valence-electron chi connectivity index (χ1n) is 5.53. The minimum absolute atomic E-state index is 0.328. The van der Waals surface area contributed by atoms with Crippen LogP contribution in [0.1, 0.15) is 23.2 Å². The second-order valence-corrected chi connectivity index (χ2v) is 7.14. The molecule has 1 aliphatic rings. The molecular formula is C11H10Cl2FNO3S. The number of rotatable bonds is 2. The number of carbonyl (C=O) groups is 1. The Labute approximate surface area is 119 Å². The zero-order valence-electron chi connectivity index (χ0n) is 9.70. The van der Waals surface area contributed by atoms with Gasteiger partial charge in [0, 0.05) is 23.8 Å². The van der Waals surface area contributed by atoms with Crippen LogP contribution in [0, 0.1) is 5.82 Å². The van der Waals surface area contributed by atoms with E-state index in [9.17, 15) is 17.6 Å². The highest BCUT2D eigenvalue weighted by Gasteiger charge is 2.26. The van der Waals surface area contributed by atoms with Gasteiger partial charge in [0.05, 0.1) is 10.6 Å². The van der Waals surface area contributed by atoms with Gasteiger partial charge < -0.3 is 4.90 Å². The van der Waals surface area contributed by atoms with Crippen molar-refractivity contribution in [3.8, 4) is 0 Å². The molecule has 0 saturated carbocycles. The molecule has 0 N–H and O–H groups in total. The van der Waals surface area contributed by atoms with Crippen molar-refractivity contribution in [2.24, 2.45) is 0 Å². The Hall–Kier alpha value is -0.850. The summed E-state index contributed by atoms with van der Waals surface area (Å²) in [5.74, 6) is -1.40. The molecule has 104 valence electrons. The van der Waals surface area contributed by atoms with E-state index >= 15 is 0 Å². The van der Waals surface area contributed by atoms with Crippen LogP contribution in [-0.4, -0.2) is 32.3 Å².